The van der Waals surface area contributed by atoms with Crippen molar-refractivity contribution in [2.45, 2.75) is 44.2 Å². The van der Waals surface area contributed by atoms with Crippen molar-refractivity contribution in [2.24, 2.45) is 0 Å². The summed E-state index contributed by atoms with van der Waals surface area (Å²) >= 11 is 0. The minimum Gasteiger partial charge on any atom is -0.481 e. The summed E-state index contributed by atoms with van der Waals surface area (Å²) in [6.07, 6.45) is 5.98. The lowest BCUT2D eigenvalue weighted by atomic mass is 10.1. The van der Waals surface area contributed by atoms with Gasteiger partial charge < -0.3 is 14.7 Å². The van der Waals surface area contributed by atoms with Crippen LogP contribution in [-0.2, 0) is 9.53 Å². The van der Waals surface area contributed by atoms with E-state index in [1.54, 1.807) is 17.2 Å². The van der Waals surface area contributed by atoms with Crippen LogP contribution in [0.2, 0.25) is 0 Å². The normalized spacial score (nSPS) is 22.9. The molecular formula is C15H21N3O4. The molecule has 2 fully saturated rings. The van der Waals surface area contributed by atoms with Gasteiger partial charge in [-0.05, 0) is 18.9 Å². The number of morpholine rings is 1. The third-order valence-electron chi connectivity index (χ3n) is 4.46. The smallest absolute Gasteiger partial charge is 0.305 e. The van der Waals surface area contributed by atoms with Gasteiger partial charge in [0.25, 0.3) is 5.91 Å². The first-order valence-electron chi connectivity index (χ1n) is 7.81. The van der Waals surface area contributed by atoms with Crippen molar-refractivity contribution in [3.8, 4) is 0 Å². The average Bonchev–Trinajstić information content (AvgIpc) is 3.17. The molecule has 0 aromatic carbocycles. The molecule has 1 aliphatic heterocycles. The van der Waals surface area contributed by atoms with Gasteiger partial charge in [-0.15, -0.1) is 0 Å². The Morgan fingerprint density at radius 1 is 1.36 bits per heavy atom. The number of aliphatic carboxylic acids is 1. The predicted octanol–water partition coefficient (Wildman–Crippen LogP) is 1.31. The molecule has 1 saturated heterocycles. The molecule has 3 rings (SSSR count). The SMILES string of the molecule is O=C(O)CC1COCCN1C(=O)c1ccnn1C1CCCC1. The largest absolute Gasteiger partial charge is 0.481 e. The van der Waals surface area contributed by atoms with Crippen molar-refractivity contribution in [1.82, 2.24) is 14.7 Å². The molecular weight excluding hydrogens is 286 g/mol. The highest BCUT2D eigenvalue weighted by atomic mass is 16.5. The molecule has 2 aliphatic rings. The van der Waals surface area contributed by atoms with E-state index in [2.05, 4.69) is 5.10 Å². The van der Waals surface area contributed by atoms with E-state index >= 15 is 0 Å². The van der Waals surface area contributed by atoms with Gasteiger partial charge in [0.05, 0.1) is 31.7 Å². The molecule has 0 bridgehead atoms. The Labute approximate surface area is 128 Å². The van der Waals surface area contributed by atoms with Crippen molar-refractivity contribution in [3.63, 3.8) is 0 Å². The zero-order chi connectivity index (χ0) is 15.5. The van der Waals surface area contributed by atoms with Crippen molar-refractivity contribution in [3.05, 3.63) is 18.0 Å². The lowest BCUT2D eigenvalue weighted by Gasteiger charge is -2.35. The molecule has 120 valence electrons. The summed E-state index contributed by atoms with van der Waals surface area (Å²) in [5.41, 5.74) is 0.559. The molecule has 1 aromatic heterocycles. The average molecular weight is 307 g/mol. The van der Waals surface area contributed by atoms with Gasteiger partial charge >= 0.3 is 5.97 Å². The lowest BCUT2D eigenvalue weighted by Crippen LogP contribution is -2.50. The Hall–Kier alpha value is -1.89. The van der Waals surface area contributed by atoms with Gasteiger partial charge in [-0.2, -0.15) is 5.10 Å². The molecule has 1 saturated carbocycles. The van der Waals surface area contributed by atoms with Crippen LogP contribution < -0.4 is 0 Å². The second-order valence-electron chi connectivity index (χ2n) is 5.92. The van der Waals surface area contributed by atoms with E-state index in [0.717, 1.165) is 25.7 Å². The fourth-order valence-electron chi connectivity index (χ4n) is 3.36. The molecule has 7 heteroatoms. The van der Waals surface area contributed by atoms with Crippen LogP contribution in [0.3, 0.4) is 0 Å². The van der Waals surface area contributed by atoms with Crippen molar-refractivity contribution < 1.29 is 19.4 Å². The maximum atomic E-state index is 12.8. The van der Waals surface area contributed by atoms with Gasteiger partial charge in [0.1, 0.15) is 5.69 Å². The van der Waals surface area contributed by atoms with Crippen LogP contribution in [0.25, 0.3) is 0 Å². The standard InChI is InChI=1S/C15H21N3O4/c19-14(20)9-12-10-22-8-7-17(12)15(21)13-5-6-16-18(13)11-3-1-2-4-11/h5-6,11-12H,1-4,7-10H2,(H,19,20). The number of carbonyl (C=O) groups is 2. The Bertz CT molecular complexity index is 551. The lowest BCUT2D eigenvalue weighted by molar-refractivity contribution is -0.139. The van der Waals surface area contributed by atoms with E-state index in [-0.39, 0.29) is 25.0 Å². The topological polar surface area (TPSA) is 84.7 Å². The third-order valence-corrected chi connectivity index (χ3v) is 4.46. The highest BCUT2D eigenvalue weighted by Gasteiger charge is 2.32. The van der Waals surface area contributed by atoms with Gasteiger partial charge in [0.2, 0.25) is 0 Å². The maximum Gasteiger partial charge on any atom is 0.305 e. The Morgan fingerprint density at radius 3 is 2.86 bits per heavy atom. The Morgan fingerprint density at radius 2 is 2.14 bits per heavy atom. The number of carbonyl (C=O) groups excluding carboxylic acids is 1. The fourth-order valence-corrected chi connectivity index (χ4v) is 3.36. The summed E-state index contributed by atoms with van der Waals surface area (Å²) in [7, 11) is 0. The molecule has 1 unspecified atom stereocenters. The van der Waals surface area contributed by atoms with E-state index < -0.39 is 12.0 Å². The molecule has 7 nitrogen and oxygen atoms in total. The van der Waals surface area contributed by atoms with E-state index in [1.165, 1.54) is 0 Å². The first-order chi connectivity index (χ1) is 10.7. The minimum atomic E-state index is -0.919. The number of carboxylic acid groups (broad SMARTS) is 1. The number of aromatic nitrogens is 2. The zero-order valence-corrected chi connectivity index (χ0v) is 12.5. The van der Waals surface area contributed by atoms with Crippen LogP contribution in [0.15, 0.2) is 12.3 Å². The highest BCUT2D eigenvalue weighted by molar-refractivity contribution is 5.93. The van der Waals surface area contributed by atoms with Crippen LogP contribution in [0.4, 0.5) is 0 Å². The Kier molecular flexibility index (Phi) is 4.42. The second kappa shape index (κ2) is 6.48. The Balaban J connectivity index is 1.80. The van der Waals surface area contributed by atoms with E-state index in [9.17, 15) is 9.59 Å². The molecule has 2 heterocycles. The first kappa shape index (κ1) is 15.0. The number of rotatable bonds is 4. The van der Waals surface area contributed by atoms with Gasteiger partial charge in [0.15, 0.2) is 0 Å². The number of amides is 1. The second-order valence-corrected chi connectivity index (χ2v) is 5.92. The first-order valence-corrected chi connectivity index (χ1v) is 7.81. The van der Waals surface area contributed by atoms with Crippen molar-refractivity contribution in [2.75, 3.05) is 19.8 Å². The molecule has 1 amide bonds. The quantitative estimate of drug-likeness (QED) is 0.906. The molecule has 1 aromatic rings. The van der Waals surface area contributed by atoms with Crippen LogP contribution in [-0.4, -0.2) is 57.5 Å². The summed E-state index contributed by atoms with van der Waals surface area (Å²) in [6.45, 7) is 1.14. The van der Waals surface area contributed by atoms with Crippen molar-refractivity contribution in [1.29, 1.82) is 0 Å². The van der Waals surface area contributed by atoms with E-state index in [1.807, 2.05) is 4.68 Å². The van der Waals surface area contributed by atoms with Crippen LogP contribution in [0.5, 0.6) is 0 Å². The van der Waals surface area contributed by atoms with Gasteiger partial charge in [0, 0.05) is 12.7 Å². The summed E-state index contributed by atoms with van der Waals surface area (Å²) in [4.78, 5) is 25.5. The zero-order valence-electron chi connectivity index (χ0n) is 12.5. The number of hydrogen-bond donors (Lipinski definition) is 1. The molecule has 1 atom stereocenters. The number of ether oxygens (including phenoxy) is 1. The van der Waals surface area contributed by atoms with Crippen LogP contribution in [0.1, 0.15) is 48.6 Å². The monoisotopic (exact) mass is 307 g/mol. The summed E-state index contributed by atoms with van der Waals surface area (Å²) in [5.74, 6) is -1.06. The molecule has 1 N–H and O–H groups in total. The van der Waals surface area contributed by atoms with E-state index in [4.69, 9.17) is 9.84 Å². The molecule has 22 heavy (non-hydrogen) atoms. The van der Waals surface area contributed by atoms with E-state index in [0.29, 0.717) is 18.8 Å². The molecule has 1 aliphatic carbocycles. The van der Waals surface area contributed by atoms with Crippen LogP contribution >= 0.6 is 0 Å². The number of carboxylic acids is 1. The highest BCUT2D eigenvalue weighted by Crippen LogP contribution is 2.30. The minimum absolute atomic E-state index is 0.0939. The predicted molar refractivity (Wildman–Crippen MR) is 77.6 cm³/mol. The van der Waals surface area contributed by atoms with Gasteiger partial charge in [-0.3, -0.25) is 14.3 Å². The maximum absolute atomic E-state index is 12.8. The van der Waals surface area contributed by atoms with Crippen LogP contribution in [0, 0.1) is 0 Å². The number of hydrogen-bond acceptors (Lipinski definition) is 4. The molecule has 0 spiro atoms. The van der Waals surface area contributed by atoms with Crippen molar-refractivity contribution >= 4 is 11.9 Å². The molecule has 0 radical (unpaired) electrons. The number of nitrogens with zero attached hydrogens (tertiary/aromatic N) is 3. The van der Waals surface area contributed by atoms with Gasteiger partial charge in [-0.25, -0.2) is 0 Å². The summed E-state index contributed by atoms with van der Waals surface area (Å²) in [5, 5.41) is 13.3. The summed E-state index contributed by atoms with van der Waals surface area (Å²) in [6, 6.07) is 1.60. The van der Waals surface area contributed by atoms with Gasteiger partial charge in [-0.1, -0.05) is 12.8 Å². The summed E-state index contributed by atoms with van der Waals surface area (Å²) < 4.78 is 7.15. The third kappa shape index (κ3) is 2.99. The fraction of sp³-hybridized carbons (Fsp3) is 0.667.